The Morgan fingerprint density at radius 2 is 1.69 bits per heavy atom. The van der Waals surface area contributed by atoms with E-state index in [4.69, 9.17) is 4.74 Å². The molecule has 2 saturated heterocycles. The molecule has 0 spiro atoms. The summed E-state index contributed by atoms with van der Waals surface area (Å²) in [7, 11) is 0. The van der Waals surface area contributed by atoms with Crippen molar-refractivity contribution in [3.05, 3.63) is 75.5 Å². The van der Waals surface area contributed by atoms with Gasteiger partial charge in [0.1, 0.15) is 11.6 Å². The first-order valence-corrected chi connectivity index (χ1v) is 11.3. The van der Waals surface area contributed by atoms with Gasteiger partial charge in [-0.3, -0.25) is 14.5 Å². The van der Waals surface area contributed by atoms with Crippen LogP contribution in [0.15, 0.2) is 58.6 Å². The van der Waals surface area contributed by atoms with Crippen molar-refractivity contribution in [2.45, 2.75) is 12.5 Å². The first-order valence-electron chi connectivity index (χ1n) is 10.6. The Morgan fingerprint density at radius 3 is 2.34 bits per heavy atom. The first kappa shape index (κ1) is 22.6. The van der Waals surface area contributed by atoms with E-state index >= 15 is 0 Å². The maximum Gasteiger partial charge on any atom is 0.295 e. The number of morpholine rings is 1. The lowest BCUT2D eigenvalue weighted by Gasteiger charge is -2.29. The van der Waals surface area contributed by atoms with Gasteiger partial charge in [-0.25, -0.2) is 4.39 Å². The zero-order chi connectivity index (χ0) is 22.7. The van der Waals surface area contributed by atoms with Gasteiger partial charge in [-0.05, 0) is 36.2 Å². The molecule has 2 aromatic rings. The van der Waals surface area contributed by atoms with Crippen molar-refractivity contribution in [2.24, 2.45) is 0 Å². The lowest BCUT2D eigenvalue weighted by atomic mass is 9.95. The van der Waals surface area contributed by atoms with Gasteiger partial charge in [0.05, 0.1) is 24.8 Å². The maximum absolute atomic E-state index is 13.6. The standard InChI is InChI=1S/C24H24BrFN2O4/c25-18-6-2-17(3-7-18)22(29)20-21(16-4-8-19(26)9-5-16)28(24(31)23(20)30)11-1-10-27-12-14-32-15-13-27/h2-9,21,29H,1,10-15H2. The smallest absolute Gasteiger partial charge is 0.295 e. The predicted octanol–water partition coefficient (Wildman–Crippen LogP) is 3.73. The highest BCUT2D eigenvalue weighted by molar-refractivity contribution is 9.10. The van der Waals surface area contributed by atoms with E-state index in [1.165, 1.54) is 17.0 Å². The molecule has 168 valence electrons. The summed E-state index contributed by atoms with van der Waals surface area (Å²) in [6.07, 6.45) is 0.670. The summed E-state index contributed by atoms with van der Waals surface area (Å²) < 4.78 is 19.8. The molecule has 0 radical (unpaired) electrons. The van der Waals surface area contributed by atoms with Gasteiger partial charge < -0.3 is 14.7 Å². The molecule has 6 nitrogen and oxygen atoms in total. The van der Waals surface area contributed by atoms with Crippen molar-refractivity contribution in [3.8, 4) is 0 Å². The van der Waals surface area contributed by atoms with E-state index in [1.54, 1.807) is 36.4 Å². The van der Waals surface area contributed by atoms with Crippen LogP contribution < -0.4 is 0 Å². The van der Waals surface area contributed by atoms with Crippen molar-refractivity contribution in [2.75, 3.05) is 39.4 Å². The number of aliphatic hydroxyl groups excluding tert-OH is 1. The predicted molar refractivity (Wildman–Crippen MR) is 121 cm³/mol. The molecule has 2 heterocycles. The van der Waals surface area contributed by atoms with E-state index in [-0.39, 0.29) is 11.3 Å². The number of aliphatic hydroxyl groups is 1. The Balaban J connectivity index is 1.66. The number of nitrogens with zero attached hydrogens (tertiary/aromatic N) is 2. The Bertz CT molecular complexity index is 1020. The maximum atomic E-state index is 13.6. The highest BCUT2D eigenvalue weighted by Gasteiger charge is 2.45. The van der Waals surface area contributed by atoms with Gasteiger partial charge in [-0.1, -0.05) is 40.2 Å². The second-order valence-electron chi connectivity index (χ2n) is 7.86. The third-order valence-electron chi connectivity index (χ3n) is 5.82. The molecule has 1 atom stereocenters. The third-order valence-corrected chi connectivity index (χ3v) is 6.35. The summed E-state index contributed by atoms with van der Waals surface area (Å²) in [6.45, 7) is 4.17. The molecule has 1 unspecified atom stereocenters. The summed E-state index contributed by atoms with van der Waals surface area (Å²) in [5.74, 6) is -2.03. The fraction of sp³-hybridized carbons (Fsp3) is 0.333. The van der Waals surface area contributed by atoms with Crippen LogP contribution in [-0.4, -0.2) is 66.0 Å². The number of hydrogen-bond donors (Lipinski definition) is 1. The minimum atomic E-state index is -0.774. The number of carbonyl (C=O) groups excluding carboxylic acids is 2. The molecule has 2 aliphatic rings. The van der Waals surface area contributed by atoms with Gasteiger partial charge in [-0.15, -0.1) is 0 Å². The monoisotopic (exact) mass is 502 g/mol. The van der Waals surface area contributed by atoms with E-state index in [9.17, 15) is 19.1 Å². The van der Waals surface area contributed by atoms with Gasteiger partial charge in [0, 0.05) is 36.2 Å². The topological polar surface area (TPSA) is 70.1 Å². The minimum absolute atomic E-state index is 0.0234. The number of likely N-dealkylation sites (tertiary alicyclic amines) is 1. The average Bonchev–Trinajstić information content (AvgIpc) is 3.05. The molecule has 2 fully saturated rings. The highest BCUT2D eigenvalue weighted by atomic mass is 79.9. The van der Waals surface area contributed by atoms with E-state index in [0.717, 1.165) is 24.1 Å². The van der Waals surface area contributed by atoms with Crippen molar-refractivity contribution in [3.63, 3.8) is 0 Å². The van der Waals surface area contributed by atoms with Crippen LogP contribution in [-0.2, 0) is 14.3 Å². The third kappa shape index (κ3) is 4.77. The molecule has 0 bridgehead atoms. The molecular formula is C24H24BrFN2O4. The number of carbonyl (C=O) groups is 2. The molecular weight excluding hydrogens is 479 g/mol. The molecule has 8 heteroatoms. The summed E-state index contributed by atoms with van der Waals surface area (Å²) >= 11 is 3.35. The summed E-state index contributed by atoms with van der Waals surface area (Å²) in [6, 6.07) is 11.8. The summed E-state index contributed by atoms with van der Waals surface area (Å²) in [4.78, 5) is 29.7. The fourth-order valence-electron chi connectivity index (χ4n) is 4.15. The number of halogens is 2. The van der Waals surface area contributed by atoms with Gasteiger partial charge in [-0.2, -0.15) is 0 Å². The molecule has 0 aliphatic carbocycles. The van der Waals surface area contributed by atoms with Crippen molar-refractivity contribution >= 4 is 33.4 Å². The quantitative estimate of drug-likeness (QED) is 0.370. The molecule has 4 rings (SSSR count). The van der Waals surface area contributed by atoms with Gasteiger partial charge >= 0.3 is 0 Å². The number of rotatable bonds is 6. The second-order valence-corrected chi connectivity index (χ2v) is 8.77. The van der Waals surface area contributed by atoms with Crippen LogP contribution in [0.5, 0.6) is 0 Å². The van der Waals surface area contributed by atoms with Crippen LogP contribution >= 0.6 is 15.9 Å². The highest BCUT2D eigenvalue weighted by Crippen LogP contribution is 2.39. The lowest BCUT2D eigenvalue weighted by Crippen LogP contribution is -2.38. The molecule has 32 heavy (non-hydrogen) atoms. The number of ether oxygens (including phenoxy) is 1. The van der Waals surface area contributed by atoms with Crippen LogP contribution in [0.4, 0.5) is 4.39 Å². The Labute approximate surface area is 194 Å². The second kappa shape index (κ2) is 9.94. The minimum Gasteiger partial charge on any atom is -0.507 e. The summed E-state index contributed by atoms with van der Waals surface area (Å²) in [5, 5.41) is 11.0. The Hall–Kier alpha value is -2.55. The number of hydrogen-bond acceptors (Lipinski definition) is 5. The zero-order valence-electron chi connectivity index (χ0n) is 17.5. The lowest BCUT2D eigenvalue weighted by molar-refractivity contribution is -0.140. The molecule has 2 aromatic carbocycles. The summed E-state index contributed by atoms with van der Waals surface area (Å²) in [5.41, 5.74) is 1.04. The first-order chi connectivity index (χ1) is 15.5. The zero-order valence-corrected chi connectivity index (χ0v) is 19.1. The molecule has 0 saturated carbocycles. The Kier molecular flexibility index (Phi) is 7.03. The Morgan fingerprint density at radius 1 is 1.03 bits per heavy atom. The number of amides is 1. The van der Waals surface area contributed by atoms with Crippen LogP contribution in [0, 0.1) is 5.82 Å². The van der Waals surface area contributed by atoms with Crippen LogP contribution in [0.25, 0.3) is 5.76 Å². The SMILES string of the molecule is O=C1C(=O)N(CCCN2CCOCC2)C(c2ccc(F)cc2)C1=C(O)c1ccc(Br)cc1. The molecule has 2 aliphatic heterocycles. The van der Waals surface area contributed by atoms with Gasteiger partial charge in [0.2, 0.25) is 0 Å². The number of ketones is 1. The van der Waals surface area contributed by atoms with Crippen LogP contribution in [0.3, 0.4) is 0 Å². The largest absolute Gasteiger partial charge is 0.507 e. The van der Waals surface area contributed by atoms with E-state index in [0.29, 0.717) is 37.3 Å². The number of Topliss-reactive ketones (excluding diaryl/α,β-unsaturated/α-hetero) is 1. The van der Waals surface area contributed by atoms with E-state index in [1.807, 2.05) is 0 Å². The number of benzene rings is 2. The van der Waals surface area contributed by atoms with Gasteiger partial charge in [0.25, 0.3) is 11.7 Å². The van der Waals surface area contributed by atoms with Gasteiger partial charge in [0.15, 0.2) is 0 Å². The van der Waals surface area contributed by atoms with Crippen LogP contribution in [0.2, 0.25) is 0 Å². The van der Waals surface area contributed by atoms with E-state index < -0.39 is 23.5 Å². The van der Waals surface area contributed by atoms with Crippen molar-refractivity contribution in [1.29, 1.82) is 0 Å². The normalized spacial score (nSPS) is 21.3. The fourth-order valence-corrected chi connectivity index (χ4v) is 4.42. The van der Waals surface area contributed by atoms with Crippen molar-refractivity contribution in [1.82, 2.24) is 9.80 Å². The molecule has 1 amide bonds. The molecule has 0 aromatic heterocycles. The van der Waals surface area contributed by atoms with Crippen LogP contribution in [0.1, 0.15) is 23.6 Å². The average molecular weight is 503 g/mol. The molecule has 1 N–H and O–H groups in total. The van der Waals surface area contributed by atoms with E-state index in [2.05, 4.69) is 20.8 Å². The van der Waals surface area contributed by atoms with Crippen molar-refractivity contribution < 1.29 is 23.8 Å².